The molecule has 2 aliphatic carbocycles. The number of hydrogen-bond acceptors (Lipinski definition) is 6. The lowest BCUT2D eigenvalue weighted by molar-refractivity contribution is -0.140. The average Bonchev–Trinajstić information content (AvgIpc) is 3.79. The Hall–Kier alpha value is -3.47. The molecule has 2 N–H and O–H groups in total. The summed E-state index contributed by atoms with van der Waals surface area (Å²) in [5, 5.41) is 17.6. The van der Waals surface area contributed by atoms with Crippen LogP contribution in [0, 0.1) is 11.8 Å². The Morgan fingerprint density at radius 2 is 2.00 bits per heavy atom. The van der Waals surface area contributed by atoms with Gasteiger partial charge in [0, 0.05) is 31.4 Å². The van der Waals surface area contributed by atoms with Crippen LogP contribution in [0.2, 0.25) is 0 Å². The van der Waals surface area contributed by atoms with E-state index < -0.39 is 29.1 Å². The quantitative estimate of drug-likeness (QED) is 0.488. The van der Waals surface area contributed by atoms with E-state index in [-0.39, 0.29) is 11.6 Å². The van der Waals surface area contributed by atoms with Crippen molar-refractivity contribution in [3.8, 4) is 11.3 Å². The number of carbonyl (C=O) groups excluding carboxylic acids is 1. The van der Waals surface area contributed by atoms with Gasteiger partial charge in [0.25, 0.3) is 5.91 Å². The number of alkyl halides is 3. The number of pyridine rings is 2. The Morgan fingerprint density at radius 1 is 1.19 bits per heavy atom. The molecule has 37 heavy (non-hydrogen) atoms. The molecule has 0 spiro atoms. The van der Waals surface area contributed by atoms with Gasteiger partial charge in [0.1, 0.15) is 5.69 Å². The van der Waals surface area contributed by atoms with Gasteiger partial charge in [-0.1, -0.05) is 6.07 Å². The highest BCUT2D eigenvalue weighted by molar-refractivity contribution is 6.03. The first-order valence-corrected chi connectivity index (χ1v) is 12.5. The molecule has 11 heteroatoms. The number of amides is 1. The molecule has 8 nitrogen and oxygen atoms in total. The Kier molecular flexibility index (Phi) is 5.70. The average molecular weight is 513 g/mol. The van der Waals surface area contributed by atoms with E-state index in [2.05, 4.69) is 20.4 Å². The number of hydrogen-bond donors (Lipinski definition) is 2. The molecular formula is C26H27F3N6O2. The molecular weight excluding hydrogens is 485 g/mol. The van der Waals surface area contributed by atoms with Crippen LogP contribution in [-0.2, 0) is 12.7 Å². The molecule has 3 aromatic rings. The molecule has 1 atom stereocenters. The molecule has 194 valence electrons. The van der Waals surface area contributed by atoms with E-state index in [0.717, 1.165) is 31.1 Å². The maximum absolute atomic E-state index is 13.7. The van der Waals surface area contributed by atoms with E-state index in [1.165, 1.54) is 25.0 Å². The maximum atomic E-state index is 13.7. The minimum absolute atomic E-state index is 0.0183. The Morgan fingerprint density at radius 3 is 2.73 bits per heavy atom. The molecule has 0 radical (unpaired) electrons. The SMILES string of the molecule is O=C(Nc1cc(N2CCC(O)(C3CC3)C2)cnc1C(F)(F)F)c1cccc(-c2cnn(CC3CC3)c2)n1. The van der Waals surface area contributed by atoms with Crippen molar-refractivity contribution in [2.24, 2.45) is 11.8 Å². The molecule has 1 unspecified atom stereocenters. The van der Waals surface area contributed by atoms with E-state index in [4.69, 9.17) is 0 Å². The first-order valence-electron chi connectivity index (χ1n) is 12.5. The molecule has 3 aromatic heterocycles. The van der Waals surface area contributed by atoms with Gasteiger partial charge in [-0.15, -0.1) is 0 Å². The minimum atomic E-state index is -4.76. The standard InChI is InChI=1S/C26H27F3N6O2/c27-26(28,29)23-22(10-19(12-30-23)34-9-8-25(37,15-34)18-6-7-18)33-24(36)21-3-1-2-20(32-21)17-11-31-35(14-17)13-16-4-5-16/h1-3,10-12,14,16,18,37H,4-9,13,15H2,(H,33,36). The van der Waals surface area contributed by atoms with Gasteiger partial charge in [0.05, 0.1) is 35.1 Å². The number of carbonyl (C=O) groups is 1. The van der Waals surface area contributed by atoms with Crippen molar-refractivity contribution in [3.63, 3.8) is 0 Å². The third kappa shape index (κ3) is 5.04. The first-order chi connectivity index (χ1) is 17.7. The summed E-state index contributed by atoms with van der Waals surface area (Å²) in [6, 6.07) is 6.09. The van der Waals surface area contributed by atoms with Crippen molar-refractivity contribution in [3.05, 3.63) is 54.2 Å². The third-order valence-electron chi connectivity index (χ3n) is 7.42. The molecule has 2 saturated carbocycles. The first kappa shape index (κ1) is 23.9. The highest BCUT2D eigenvalue weighted by atomic mass is 19.4. The highest BCUT2D eigenvalue weighted by Gasteiger charge is 2.48. The number of β-amino-alcohol motifs (C(OH)–C–C–N with tert-alkyl or cyclic N) is 1. The number of nitrogens with zero attached hydrogens (tertiary/aromatic N) is 5. The zero-order valence-electron chi connectivity index (χ0n) is 20.1. The topological polar surface area (TPSA) is 96.2 Å². The summed E-state index contributed by atoms with van der Waals surface area (Å²) >= 11 is 0. The van der Waals surface area contributed by atoms with Crippen LogP contribution in [-0.4, -0.2) is 49.5 Å². The third-order valence-corrected chi connectivity index (χ3v) is 7.42. The normalized spacial score (nSPS) is 21.9. The van der Waals surface area contributed by atoms with E-state index in [1.54, 1.807) is 18.3 Å². The van der Waals surface area contributed by atoms with Gasteiger partial charge in [-0.3, -0.25) is 9.48 Å². The number of halogens is 3. The Labute approximate surface area is 211 Å². The molecule has 1 amide bonds. The predicted molar refractivity (Wildman–Crippen MR) is 130 cm³/mol. The summed E-state index contributed by atoms with van der Waals surface area (Å²) < 4.78 is 43.1. The van der Waals surface area contributed by atoms with E-state index in [9.17, 15) is 23.1 Å². The summed E-state index contributed by atoms with van der Waals surface area (Å²) in [7, 11) is 0. The van der Waals surface area contributed by atoms with Gasteiger partial charge in [-0.25, -0.2) is 9.97 Å². The van der Waals surface area contributed by atoms with Crippen LogP contribution in [0.15, 0.2) is 42.9 Å². The monoisotopic (exact) mass is 512 g/mol. The van der Waals surface area contributed by atoms with Gasteiger partial charge in [-0.2, -0.15) is 18.3 Å². The van der Waals surface area contributed by atoms with Gasteiger partial charge in [0.15, 0.2) is 5.69 Å². The summed E-state index contributed by atoms with van der Waals surface area (Å²) in [4.78, 5) is 22.9. The van der Waals surface area contributed by atoms with Gasteiger partial charge in [0.2, 0.25) is 0 Å². The fourth-order valence-corrected chi connectivity index (χ4v) is 5.01. The number of aliphatic hydroxyl groups is 1. The zero-order chi connectivity index (χ0) is 25.8. The maximum Gasteiger partial charge on any atom is 0.435 e. The van der Waals surface area contributed by atoms with Crippen LogP contribution in [0.3, 0.4) is 0 Å². The van der Waals surface area contributed by atoms with Crippen LogP contribution in [0.5, 0.6) is 0 Å². The highest BCUT2D eigenvalue weighted by Crippen LogP contribution is 2.45. The largest absolute Gasteiger partial charge is 0.435 e. The summed E-state index contributed by atoms with van der Waals surface area (Å²) in [5.74, 6) is 0.110. The van der Waals surface area contributed by atoms with Crippen molar-refractivity contribution < 1.29 is 23.1 Å². The van der Waals surface area contributed by atoms with Crippen molar-refractivity contribution >= 4 is 17.3 Å². The molecule has 4 heterocycles. The van der Waals surface area contributed by atoms with E-state index in [1.807, 2.05) is 15.8 Å². The summed E-state index contributed by atoms with van der Waals surface area (Å²) in [5.41, 5.74) is -0.815. The van der Waals surface area contributed by atoms with Crippen LogP contribution < -0.4 is 10.2 Å². The summed E-state index contributed by atoms with van der Waals surface area (Å²) in [6.45, 7) is 1.67. The molecule has 0 bridgehead atoms. The molecule has 6 rings (SSSR count). The van der Waals surface area contributed by atoms with Gasteiger partial charge in [-0.05, 0) is 62.1 Å². The second kappa shape index (κ2) is 8.83. The lowest BCUT2D eigenvalue weighted by Crippen LogP contribution is -2.35. The van der Waals surface area contributed by atoms with Crippen molar-refractivity contribution in [1.82, 2.24) is 19.7 Å². The fraction of sp³-hybridized carbons (Fsp3) is 0.462. The lowest BCUT2D eigenvalue weighted by atomic mass is 9.97. The van der Waals surface area contributed by atoms with Gasteiger partial charge < -0.3 is 15.3 Å². The molecule has 0 aromatic carbocycles. The molecule has 1 saturated heterocycles. The van der Waals surface area contributed by atoms with Crippen LogP contribution >= 0.6 is 0 Å². The predicted octanol–water partition coefficient (Wildman–Crippen LogP) is 4.37. The minimum Gasteiger partial charge on any atom is -0.388 e. The zero-order valence-corrected chi connectivity index (χ0v) is 20.1. The lowest BCUT2D eigenvalue weighted by Gasteiger charge is -2.25. The van der Waals surface area contributed by atoms with Crippen molar-refractivity contribution in [1.29, 1.82) is 0 Å². The summed E-state index contributed by atoms with van der Waals surface area (Å²) in [6.07, 6.45) is 4.78. The van der Waals surface area contributed by atoms with Crippen molar-refractivity contribution in [2.45, 2.75) is 50.4 Å². The van der Waals surface area contributed by atoms with Gasteiger partial charge >= 0.3 is 6.18 Å². The van der Waals surface area contributed by atoms with Crippen molar-refractivity contribution in [2.75, 3.05) is 23.3 Å². The Bertz CT molecular complexity index is 1330. The van der Waals surface area contributed by atoms with E-state index in [0.29, 0.717) is 36.8 Å². The van der Waals surface area contributed by atoms with Crippen LogP contribution in [0.4, 0.5) is 24.5 Å². The van der Waals surface area contributed by atoms with E-state index >= 15 is 0 Å². The number of anilines is 2. The second-order valence-corrected chi connectivity index (χ2v) is 10.4. The fourth-order valence-electron chi connectivity index (χ4n) is 5.01. The molecule has 1 aliphatic heterocycles. The number of nitrogens with one attached hydrogen (secondary N) is 1. The Balaban J connectivity index is 1.23. The smallest absolute Gasteiger partial charge is 0.388 e. The molecule has 3 aliphatic rings. The van der Waals surface area contributed by atoms with Crippen LogP contribution in [0.25, 0.3) is 11.3 Å². The second-order valence-electron chi connectivity index (χ2n) is 10.4. The molecule has 3 fully saturated rings. The number of aromatic nitrogens is 4. The van der Waals surface area contributed by atoms with Crippen LogP contribution in [0.1, 0.15) is 48.3 Å². The number of rotatable bonds is 7.